The summed E-state index contributed by atoms with van der Waals surface area (Å²) in [6, 6.07) is 8.31. The van der Waals surface area contributed by atoms with Crippen LogP contribution < -0.4 is 4.74 Å². The van der Waals surface area contributed by atoms with E-state index in [9.17, 15) is 9.59 Å². The second-order valence-corrected chi connectivity index (χ2v) is 8.42. The molecule has 0 aromatic heterocycles. The third-order valence-electron chi connectivity index (χ3n) is 6.20. The van der Waals surface area contributed by atoms with Crippen molar-refractivity contribution in [1.29, 1.82) is 0 Å². The van der Waals surface area contributed by atoms with Crippen LogP contribution in [0.5, 0.6) is 5.75 Å². The summed E-state index contributed by atoms with van der Waals surface area (Å²) in [6.45, 7) is 5.44. The second-order valence-electron chi connectivity index (χ2n) is 8.42. The normalized spacial score (nSPS) is 20.1. The monoisotopic (exact) mass is 401 g/mol. The van der Waals surface area contributed by atoms with Crippen molar-refractivity contribution in [3.8, 4) is 5.75 Å². The van der Waals surface area contributed by atoms with Gasteiger partial charge in [-0.25, -0.2) is 0 Å². The van der Waals surface area contributed by atoms with E-state index in [1.54, 1.807) is 7.11 Å². The number of carbonyl (C=O) groups is 2. The van der Waals surface area contributed by atoms with Crippen LogP contribution in [0.1, 0.15) is 37.7 Å². The minimum absolute atomic E-state index is 0.153. The molecule has 1 atom stereocenters. The van der Waals surface area contributed by atoms with Gasteiger partial charge in [-0.1, -0.05) is 12.1 Å². The minimum Gasteiger partial charge on any atom is -0.497 e. The molecule has 1 unspecified atom stereocenters. The van der Waals surface area contributed by atoms with Gasteiger partial charge in [0, 0.05) is 52.6 Å². The number of carbonyl (C=O) groups excluding carboxylic acids is 2. The number of methoxy groups -OCH3 is 1. The van der Waals surface area contributed by atoms with E-state index in [0.29, 0.717) is 25.3 Å². The maximum absolute atomic E-state index is 12.5. The average molecular weight is 402 g/mol. The molecule has 2 aliphatic heterocycles. The van der Waals surface area contributed by atoms with Crippen molar-refractivity contribution >= 4 is 11.8 Å². The first kappa shape index (κ1) is 21.6. The number of ether oxygens (including phenoxy) is 1. The van der Waals surface area contributed by atoms with E-state index in [-0.39, 0.29) is 11.8 Å². The highest BCUT2D eigenvalue weighted by atomic mass is 16.5. The van der Waals surface area contributed by atoms with E-state index in [1.807, 2.05) is 29.0 Å². The van der Waals surface area contributed by atoms with Gasteiger partial charge in [-0.15, -0.1) is 0 Å². The summed E-state index contributed by atoms with van der Waals surface area (Å²) in [5.74, 6) is 1.77. The highest BCUT2D eigenvalue weighted by Crippen LogP contribution is 2.19. The lowest BCUT2D eigenvalue weighted by atomic mass is 9.97. The Morgan fingerprint density at radius 2 is 1.97 bits per heavy atom. The van der Waals surface area contributed by atoms with Crippen molar-refractivity contribution in [1.82, 2.24) is 14.7 Å². The average Bonchev–Trinajstić information content (AvgIpc) is 3.15. The summed E-state index contributed by atoms with van der Waals surface area (Å²) in [7, 11) is 3.60. The quantitative estimate of drug-likeness (QED) is 0.638. The molecule has 0 spiro atoms. The molecule has 2 saturated heterocycles. The van der Waals surface area contributed by atoms with E-state index in [2.05, 4.69) is 17.0 Å². The zero-order chi connectivity index (χ0) is 20.6. The lowest BCUT2D eigenvalue weighted by Crippen LogP contribution is -2.42. The SMILES string of the molecule is COc1ccc(CCN2CCCC(CN(C)C(=O)CCN3CCCC3=O)C2)cc1. The zero-order valence-electron chi connectivity index (χ0n) is 17.9. The van der Waals surface area contributed by atoms with Crippen LogP contribution in [0, 0.1) is 5.92 Å². The van der Waals surface area contributed by atoms with Crippen LogP contribution >= 0.6 is 0 Å². The van der Waals surface area contributed by atoms with E-state index in [4.69, 9.17) is 4.74 Å². The fourth-order valence-corrected chi connectivity index (χ4v) is 4.43. The van der Waals surface area contributed by atoms with Crippen molar-refractivity contribution < 1.29 is 14.3 Å². The Morgan fingerprint density at radius 3 is 2.66 bits per heavy atom. The largest absolute Gasteiger partial charge is 0.497 e. The lowest BCUT2D eigenvalue weighted by Gasteiger charge is -2.35. The van der Waals surface area contributed by atoms with Gasteiger partial charge in [0.25, 0.3) is 0 Å². The molecule has 2 fully saturated rings. The predicted octanol–water partition coefficient (Wildman–Crippen LogP) is 2.42. The third-order valence-corrected chi connectivity index (χ3v) is 6.20. The number of rotatable bonds is 9. The Hall–Kier alpha value is -2.08. The number of piperidine rings is 1. The minimum atomic E-state index is 0.153. The summed E-state index contributed by atoms with van der Waals surface area (Å²) in [4.78, 5) is 30.4. The number of hydrogen-bond acceptors (Lipinski definition) is 4. The van der Waals surface area contributed by atoms with Gasteiger partial charge < -0.3 is 19.4 Å². The van der Waals surface area contributed by atoms with Gasteiger partial charge in [-0.05, 0) is 55.8 Å². The Bertz CT molecular complexity index is 676. The molecular weight excluding hydrogens is 366 g/mol. The van der Waals surface area contributed by atoms with Crippen LogP contribution in [0.3, 0.4) is 0 Å². The molecule has 0 aliphatic carbocycles. The van der Waals surface area contributed by atoms with Gasteiger partial charge in [0.1, 0.15) is 5.75 Å². The number of benzene rings is 1. The molecule has 6 heteroatoms. The molecule has 1 aromatic rings. The number of nitrogens with zero attached hydrogens (tertiary/aromatic N) is 3. The van der Waals surface area contributed by atoms with Crippen molar-refractivity contribution in [2.24, 2.45) is 5.92 Å². The smallest absolute Gasteiger partial charge is 0.224 e. The van der Waals surface area contributed by atoms with Crippen molar-refractivity contribution in [2.45, 2.75) is 38.5 Å². The molecule has 0 N–H and O–H groups in total. The molecular formula is C23H35N3O3. The van der Waals surface area contributed by atoms with E-state index in [1.165, 1.54) is 18.4 Å². The van der Waals surface area contributed by atoms with E-state index >= 15 is 0 Å². The summed E-state index contributed by atoms with van der Waals surface area (Å²) >= 11 is 0. The molecule has 3 rings (SSSR count). The Balaban J connectivity index is 1.38. The molecule has 1 aromatic carbocycles. The molecule has 2 amide bonds. The number of hydrogen-bond donors (Lipinski definition) is 0. The fourth-order valence-electron chi connectivity index (χ4n) is 4.43. The van der Waals surface area contributed by atoms with Gasteiger partial charge >= 0.3 is 0 Å². The van der Waals surface area contributed by atoms with Crippen LogP contribution in [-0.2, 0) is 16.0 Å². The maximum atomic E-state index is 12.5. The van der Waals surface area contributed by atoms with Gasteiger partial charge in [0.2, 0.25) is 11.8 Å². The number of likely N-dealkylation sites (tertiary alicyclic amines) is 2. The first-order valence-corrected chi connectivity index (χ1v) is 10.9. The van der Waals surface area contributed by atoms with Crippen LogP contribution in [0.2, 0.25) is 0 Å². The van der Waals surface area contributed by atoms with Gasteiger partial charge in [0.05, 0.1) is 7.11 Å². The van der Waals surface area contributed by atoms with Crippen molar-refractivity contribution in [2.75, 3.05) is 53.4 Å². The third kappa shape index (κ3) is 6.46. The first-order valence-electron chi connectivity index (χ1n) is 10.9. The second kappa shape index (κ2) is 10.6. The van der Waals surface area contributed by atoms with Crippen molar-refractivity contribution in [3.05, 3.63) is 29.8 Å². The van der Waals surface area contributed by atoms with Crippen LogP contribution in [-0.4, -0.2) is 79.9 Å². The number of amides is 2. The molecule has 6 nitrogen and oxygen atoms in total. The molecule has 0 saturated carbocycles. The molecule has 0 bridgehead atoms. The summed E-state index contributed by atoms with van der Waals surface area (Å²) in [5.41, 5.74) is 1.33. The summed E-state index contributed by atoms with van der Waals surface area (Å²) in [6.07, 6.45) is 5.42. The maximum Gasteiger partial charge on any atom is 0.224 e. The Labute approximate surface area is 174 Å². The Kier molecular flexibility index (Phi) is 7.92. The summed E-state index contributed by atoms with van der Waals surface area (Å²) in [5, 5.41) is 0. The standard InChI is InChI=1S/C23H35N3O3/c1-24(22(27)12-16-26-14-4-6-23(26)28)17-20-5-3-13-25(18-20)15-11-19-7-9-21(29-2)10-8-19/h7-10,20H,3-6,11-18H2,1-2H3. The van der Waals surface area contributed by atoms with Gasteiger partial charge in [0.15, 0.2) is 0 Å². The highest BCUT2D eigenvalue weighted by molar-refractivity contribution is 5.80. The van der Waals surface area contributed by atoms with Crippen LogP contribution in [0.4, 0.5) is 0 Å². The zero-order valence-corrected chi connectivity index (χ0v) is 17.9. The van der Waals surface area contributed by atoms with Crippen LogP contribution in [0.25, 0.3) is 0 Å². The topological polar surface area (TPSA) is 53.1 Å². The van der Waals surface area contributed by atoms with E-state index in [0.717, 1.165) is 51.3 Å². The van der Waals surface area contributed by atoms with Crippen molar-refractivity contribution in [3.63, 3.8) is 0 Å². The van der Waals surface area contributed by atoms with Gasteiger partial charge in [-0.3, -0.25) is 9.59 Å². The Morgan fingerprint density at radius 1 is 1.17 bits per heavy atom. The van der Waals surface area contributed by atoms with E-state index < -0.39 is 0 Å². The van der Waals surface area contributed by atoms with Gasteiger partial charge in [-0.2, -0.15) is 0 Å². The van der Waals surface area contributed by atoms with Crippen LogP contribution in [0.15, 0.2) is 24.3 Å². The highest BCUT2D eigenvalue weighted by Gasteiger charge is 2.24. The lowest BCUT2D eigenvalue weighted by molar-refractivity contribution is -0.132. The first-order chi connectivity index (χ1) is 14.0. The molecule has 2 heterocycles. The molecule has 2 aliphatic rings. The molecule has 160 valence electrons. The predicted molar refractivity (Wildman–Crippen MR) is 114 cm³/mol. The fraction of sp³-hybridized carbons (Fsp3) is 0.652. The molecule has 29 heavy (non-hydrogen) atoms. The summed E-state index contributed by atoms with van der Waals surface area (Å²) < 4.78 is 5.22. The molecule has 0 radical (unpaired) electrons.